The third-order valence-corrected chi connectivity index (χ3v) is 5.62. The summed E-state index contributed by atoms with van der Waals surface area (Å²) < 4.78 is 0. The van der Waals surface area contributed by atoms with Crippen molar-refractivity contribution in [3.63, 3.8) is 0 Å². The van der Waals surface area contributed by atoms with Gasteiger partial charge >= 0.3 is 0 Å². The second kappa shape index (κ2) is 7.72. The summed E-state index contributed by atoms with van der Waals surface area (Å²) in [5, 5.41) is 3.75. The van der Waals surface area contributed by atoms with Gasteiger partial charge in [0.15, 0.2) is 0 Å². The molecule has 5 heteroatoms. The molecule has 0 spiro atoms. The average Bonchev–Trinajstić information content (AvgIpc) is 3.07. The van der Waals surface area contributed by atoms with E-state index < -0.39 is 0 Å². The summed E-state index contributed by atoms with van der Waals surface area (Å²) >= 11 is 3.38. The quantitative estimate of drug-likeness (QED) is 0.840. The van der Waals surface area contributed by atoms with Crippen LogP contribution in [0.5, 0.6) is 0 Å². The Bertz CT molecular complexity index is 515. The van der Waals surface area contributed by atoms with Crippen LogP contribution in [0.3, 0.4) is 0 Å². The van der Waals surface area contributed by atoms with Crippen molar-refractivity contribution in [1.82, 2.24) is 5.32 Å². The zero-order chi connectivity index (χ0) is 14.4. The van der Waals surface area contributed by atoms with Gasteiger partial charge in [0.2, 0.25) is 0 Å². The molecule has 3 N–H and O–H groups in total. The molecule has 108 valence electrons. The van der Waals surface area contributed by atoms with E-state index in [1.54, 1.807) is 0 Å². The number of carbonyl (C=O) groups is 1. The lowest BCUT2D eigenvalue weighted by Crippen LogP contribution is -2.38. The lowest BCUT2D eigenvalue weighted by atomic mass is 10.2. The van der Waals surface area contributed by atoms with E-state index in [4.69, 9.17) is 5.73 Å². The SMILES string of the molecule is CCSC1CCCC1NC(=O)c1ccc(C#CCN)s1. The smallest absolute Gasteiger partial charge is 0.261 e. The number of thiophene rings is 1. The molecule has 1 aromatic rings. The number of thioether (sulfide) groups is 1. The summed E-state index contributed by atoms with van der Waals surface area (Å²) in [6, 6.07) is 4.04. The second-order valence-corrected chi connectivity index (χ2v) is 7.27. The average molecular weight is 308 g/mol. The maximum atomic E-state index is 12.3. The van der Waals surface area contributed by atoms with Crippen LogP contribution in [0.4, 0.5) is 0 Å². The molecule has 2 atom stereocenters. The van der Waals surface area contributed by atoms with Crippen molar-refractivity contribution in [2.75, 3.05) is 12.3 Å². The van der Waals surface area contributed by atoms with E-state index in [2.05, 4.69) is 24.1 Å². The minimum Gasteiger partial charge on any atom is -0.347 e. The van der Waals surface area contributed by atoms with Gasteiger partial charge in [0.1, 0.15) is 0 Å². The number of hydrogen-bond acceptors (Lipinski definition) is 4. The van der Waals surface area contributed by atoms with Crippen LogP contribution < -0.4 is 11.1 Å². The Morgan fingerprint density at radius 1 is 1.55 bits per heavy atom. The normalized spacial score (nSPS) is 21.3. The lowest BCUT2D eigenvalue weighted by molar-refractivity contribution is 0.0943. The van der Waals surface area contributed by atoms with Gasteiger partial charge in [0, 0.05) is 11.3 Å². The zero-order valence-electron chi connectivity index (χ0n) is 11.6. The van der Waals surface area contributed by atoms with E-state index in [0.29, 0.717) is 17.8 Å². The fourth-order valence-corrected chi connectivity index (χ4v) is 4.39. The van der Waals surface area contributed by atoms with E-state index in [1.165, 1.54) is 24.2 Å². The summed E-state index contributed by atoms with van der Waals surface area (Å²) in [6.07, 6.45) is 3.51. The van der Waals surface area contributed by atoms with Crippen LogP contribution in [0.25, 0.3) is 0 Å². The first kappa shape index (κ1) is 15.4. The second-order valence-electron chi connectivity index (χ2n) is 4.67. The molecular weight excluding hydrogens is 288 g/mol. The van der Waals surface area contributed by atoms with Crippen LogP contribution in [-0.4, -0.2) is 29.5 Å². The molecule has 0 aliphatic heterocycles. The van der Waals surface area contributed by atoms with E-state index in [9.17, 15) is 4.79 Å². The maximum absolute atomic E-state index is 12.3. The Hall–Kier alpha value is -0.960. The Kier molecular flexibility index (Phi) is 5.96. The van der Waals surface area contributed by atoms with Crippen LogP contribution in [0.1, 0.15) is 40.7 Å². The first-order chi connectivity index (χ1) is 9.74. The molecule has 1 heterocycles. The van der Waals surface area contributed by atoms with Crippen molar-refractivity contribution in [3.05, 3.63) is 21.9 Å². The Labute approximate surface area is 128 Å². The van der Waals surface area contributed by atoms with Crippen molar-refractivity contribution >= 4 is 29.0 Å². The predicted molar refractivity (Wildman–Crippen MR) is 87.3 cm³/mol. The molecule has 0 aromatic carbocycles. The number of amides is 1. The van der Waals surface area contributed by atoms with Gasteiger partial charge in [-0.05, 0) is 30.7 Å². The van der Waals surface area contributed by atoms with E-state index in [1.807, 2.05) is 23.9 Å². The maximum Gasteiger partial charge on any atom is 0.261 e. The number of hydrogen-bond donors (Lipinski definition) is 2. The van der Waals surface area contributed by atoms with Gasteiger partial charge in [-0.15, -0.1) is 11.3 Å². The fraction of sp³-hybridized carbons (Fsp3) is 0.533. The molecule has 0 bridgehead atoms. The van der Waals surface area contributed by atoms with E-state index in [0.717, 1.165) is 21.9 Å². The summed E-state index contributed by atoms with van der Waals surface area (Å²) in [7, 11) is 0. The fourth-order valence-electron chi connectivity index (χ4n) is 2.41. The molecular formula is C15H20N2OS2. The molecule has 2 unspecified atom stereocenters. The van der Waals surface area contributed by atoms with Crippen LogP contribution in [0, 0.1) is 11.8 Å². The van der Waals surface area contributed by atoms with E-state index >= 15 is 0 Å². The highest BCUT2D eigenvalue weighted by Gasteiger charge is 2.28. The third-order valence-electron chi connectivity index (χ3n) is 3.29. The molecule has 1 aromatic heterocycles. The summed E-state index contributed by atoms with van der Waals surface area (Å²) in [4.78, 5) is 13.9. The Morgan fingerprint density at radius 2 is 2.40 bits per heavy atom. The van der Waals surface area contributed by atoms with Gasteiger partial charge in [-0.25, -0.2) is 0 Å². The van der Waals surface area contributed by atoms with Gasteiger partial charge in [-0.2, -0.15) is 11.8 Å². The van der Waals surface area contributed by atoms with Crippen molar-refractivity contribution < 1.29 is 4.79 Å². The number of rotatable bonds is 4. The standard InChI is InChI=1S/C15H20N2OS2/c1-2-19-13-7-3-6-12(13)17-15(18)14-9-8-11(20-14)5-4-10-16/h8-9,12-13H,2-3,6-7,10,16H2,1H3,(H,17,18). The van der Waals surface area contributed by atoms with Gasteiger partial charge in [-0.1, -0.05) is 25.2 Å². The van der Waals surface area contributed by atoms with E-state index in [-0.39, 0.29) is 5.91 Å². The molecule has 3 nitrogen and oxygen atoms in total. The first-order valence-corrected chi connectivity index (χ1v) is 8.82. The van der Waals surface area contributed by atoms with Crippen molar-refractivity contribution in [2.24, 2.45) is 5.73 Å². The highest BCUT2D eigenvalue weighted by Crippen LogP contribution is 2.30. The molecule has 0 radical (unpaired) electrons. The van der Waals surface area contributed by atoms with Crippen LogP contribution >= 0.6 is 23.1 Å². The topological polar surface area (TPSA) is 55.1 Å². The van der Waals surface area contributed by atoms with Gasteiger partial charge < -0.3 is 11.1 Å². The number of nitrogens with two attached hydrogens (primary N) is 1. The highest BCUT2D eigenvalue weighted by molar-refractivity contribution is 7.99. The molecule has 1 aliphatic rings. The molecule has 1 saturated carbocycles. The first-order valence-electron chi connectivity index (χ1n) is 6.95. The minimum absolute atomic E-state index is 0.0319. The largest absolute Gasteiger partial charge is 0.347 e. The Balaban J connectivity index is 1.95. The van der Waals surface area contributed by atoms with Crippen LogP contribution in [0.2, 0.25) is 0 Å². The molecule has 20 heavy (non-hydrogen) atoms. The summed E-state index contributed by atoms with van der Waals surface area (Å²) in [5.74, 6) is 6.91. The highest BCUT2D eigenvalue weighted by atomic mass is 32.2. The van der Waals surface area contributed by atoms with Crippen molar-refractivity contribution in [1.29, 1.82) is 0 Å². The molecule has 1 fully saturated rings. The third kappa shape index (κ3) is 4.02. The molecule has 1 aliphatic carbocycles. The number of nitrogens with one attached hydrogen (secondary N) is 1. The van der Waals surface area contributed by atoms with Crippen molar-refractivity contribution in [3.8, 4) is 11.8 Å². The number of carbonyl (C=O) groups excluding carboxylic acids is 1. The summed E-state index contributed by atoms with van der Waals surface area (Å²) in [5.41, 5.74) is 5.34. The molecule has 1 amide bonds. The minimum atomic E-state index is 0.0319. The van der Waals surface area contributed by atoms with Gasteiger partial charge in [0.05, 0.1) is 16.3 Å². The van der Waals surface area contributed by atoms with Crippen LogP contribution in [-0.2, 0) is 0 Å². The Morgan fingerprint density at radius 3 is 3.15 bits per heavy atom. The van der Waals surface area contributed by atoms with Crippen molar-refractivity contribution in [2.45, 2.75) is 37.5 Å². The molecule has 0 saturated heterocycles. The van der Waals surface area contributed by atoms with Crippen LogP contribution in [0.15, 0.2) is 12.1 Å². The van der Waals surface area contributed by atoms with Gasteiger partial charge in [-0.3, -0.25) is 4.79 Å². The monoisotopic (exact) mass is 308 g/mol. The lowest BCUT2D eigenvalue weighted by Gasteiger charge is -2.19. The predicted octanol–water partition coefficient (Wildman–Crippen LogP) is 2.46. The summed E-state index contributed by atoms with van der Waals surface area (Å²) in [6.45, 7) is 2.51. The molecule has 2 rings (SSSR count). The zero-order valence-corrected chi connectivity index (χ0v) is 13.3. The van der Waals surface area contributed by atoms with Gasteiger partial charge in [0.25, 0.3) is 5.91 Å².